The van der Waals surface area contributed by atoms with Gasteiger partial charge in [-0.15, -0.1) is 0 Å². The first kappa shape index (κ1) is 24.0. The Balaban J connectivity index is 1.28. The number of rotatable bonds is 1. The maximum atomic E-state index is 14.2. The number of benzene rings is 4. The van der Waals surface area contributed by atoms with E-state index in [1.807, 2.05) is 30.3 Å². The number of hydrogen-bond donors (Lipinski definition) is 0. The second kappa shape index (κ2) is 8.34. The number of carbonyl (C=O) groups is 2. The van der Waals surface area contributed by atoms with Crippen molar-refractivity contribution in [3.8, 4) is 0 Å². The van der Waals surface area contributed by atoms with Crippen LogP contribution < -0.4 is 8.48 Å². The van der Waals surface area contributed by atoms with E-state index in [0.29, 0.717) is 22.3 Å². The Hall–Kier alpha value is -3.83. The van der Waals surface area contributed by atoms with E-state index < -0.39 is 19.3 Å². The van der Waals surface area contributed by atoms with Crippen LogP contribution in [0.25, 0.3) is 0 Å². The monoisotopic (exact) mass is 625 g/mol. The molecule has 0 radical (unpaired) electrons. The molecule has 0 fully saturated rings. The van der Waals surface area contributed by atoms with Crippen LogP contribution in [0.4, 0.5) is 11.4 Å². The molecule has 0 amide bonds. The van der Waals surface area contributed by atoms with Crippen molar-refractivity contribution in [1.29, 1.82) is 0 Å². The summed E-state index contributed by atoms with van der Waals surface area (Å²) in [4.78, 5) is 30.4. The van der Waals surface area contributed by atoms with E-state index in [4.69, 9.17) is 0 Å². The molecule has 1 unspecified atom stereocenters. The number of anilines is 2. The number of nitrogens with zero attached hydrogens (tertiary/aromatic N) is 1. The third kappa shape index (κ3) is 3.10. The average molecular weight is 624 g/mol. The van der Waals surface area contributed by atoms with E-state index in [0.717, 1.165) is 16.8 Å². The molecule has 40 heavy (non-hydrogen) atoms. The van der Waals surface area contributed by atoms with Crippen molar-refractivity contribution in [3.05, 3.63) is 146 Å². The molecule has 1 atom stereocenters. The number of para-hydroxylation sites is 1. The summed E-state index contributed by atoms with van der Waals surface area (Å²) in [6, 6.07) is 27.0. The predicted octanol–water partition coefficient (Wildman–Crippen LogP) is 6.48. The summed E-state index contributed by atoms with van der Waals surface area (Å²) < 4.78 is 5.20. The second-order valence-corrected chi connectivity index (χ2v) is 18.0. The molecule has 3 nitrogen and oxygen atoms in total. The van der Waals surface area contributed by atoms with Gasteiger partial charge >= 0.3 is 224 Å². The summed E-state index contributed by atoms with van der Waals surface area (Å²) in [5.41, 5.74) is 8.80. The van der Waals surface area contributed by atoms with Crippen LogP contribution in [-0.4, -0.2) is 34.5 Å². The Morgan fingerprint density at radius 3 is 2.33 bits per heavy atom. The summed E-state index contributed by atoms with van der Waals surface area (Å²) in [6.07, 6.45) is 6.50. The number of ketones is 2. The molecule has 0 saturated heterocycles. The summed E-state index contributed by atoms with van der Waals surface area (Å²) in [5.74, 6) is 0.0220. The van der Waals surface area contributed by atoms with Crippen molar-refractivity contribution in [2.45, 2.75) is 32.1 Å². The van der Waals surface area contributed by atoms with Crippen LogP contribution >= 0.6 is 0 Å². The third-order valence-corrected chi connectivity index (χ3v) is 16.3. The molecule has 0 N–H and O–H groups in total. The summed E-state index contributed by atoms with van der Waals surface area (Å²) in [5, 5.41) is 0. The van der Waals surface area contributed by atoms with Crippen molar-refractivity contribution >= 4 is 49.4 Å². The van der Waals surface area contributed by atoms with Gasteiger partial charge < -0.3 is 0 Å². The minimum atomic E-state index is -2.15. The number of carbonyl (C=O) groups excluding carboxylic acids is 2. The van der Waals surface area contributed by atoms with Gasteiger partial charge in [-0.3, -0.25) is 0 Å². The molecular weight excluding hydrogens is 597 g/mol. The average Bonchev–Trinajstić information content (AvgIpc) is 3.32. The molecular formula is C36H27NO2Sn. The van der Waals surface area contributed by atoms with Gasteiger partial charge in [0, 0.05) is 0 Å². The van der Waals surface area contributed by atoms with Crippen molar-refractivity contribution in [1.82, 2.24) is 0 Å². The van der Waals surface area contributed by atoms with E-state index in [1.165, 1.54) is 24.0 Å². The molecule has 4 aromatic carbocycles. The van der Waals surface area contributed by atoms with E-state index in [9.17, 15) is 9.59 Å². The molecule has 192 valence electrons. The van der Waals surface area contributed by atoms with Gasteiger partial charge in [0.15, 0.2) is 0 Å². The first-order chi connectivity index (χ1) is 19.4. The Kier molecular flexibility index (Phi) is 5.00. The summed E-state index contributed by atoms with van der Waals surface area (Å²) in [6.45, 7) is 6.64. The van der Waals surface area contributed by atoms with Crippen LogP contribution in [0.3, 0.4) is 0 Å². The quantitative estimate of drug-likeness (QED) is 0.201. The zero-order valence-electron chi connectivity index (χ0n) is 22.7. The third-order valence-electron chi connectivity index (χ3n) is 9.25. The van der Waals surface area contributed by atoms with E-state index in [2.05, 4.69) is 96.5 Å². The molecule has 2 aliphatic carbocycles. The number of hydrogen-bond acceptors (Lipinski definition) is 3. The standard InChI is InChI=1S/C36H27NO2.Sn/c1-5-6-12-19-37(24-13-8-7-9-14-24)25-17-18-27-29(20-25)35(39)30-21-28-23(2)26-15-10-11-16-32(26)36(3,4)33(28)22-31(30)34(27)38;/h1,5-13,15-18,20-23H,2-4H3;. The van der Waals surface area contributed by atoms with E-state index >= 15 is 0 Å². The molecule has 0 bridgehead atoms. The fourth-order valence-electron chi connectivity index (χ4n) is 7.20. The predicted molar refractivity (Wildman–Crippen MR) is 163 cm³/mol. The second-order valence-electron chi connectivity index (χ2n) is 11.7. The first-order valence-corrected chi connectivity index (χ1v) is 18.4. The molecule has 2 heterocycles. The van der Waals surface area contributed by atoms with Crippen molar-refractivity contribution in [2.24, 2.45) is 0 Å². The van der Waals surface area contributed by atoms with Crippen molar-refractivity contribution < 1.29 is 9.59 Å². The molecule has 4 aliphatic rings. The van der Waals surface area contributed by atoms with Crippen LogP contribution in [0.2, 0.25) is 0 Å². The van der Waals surface area contributed by atoms with Gasteiger partial charge in [0.25, 0.3) is 0 Å². The van der Waals surface area contributed by atoms with Crippen molar-refractivity contribution in [3.63, 3.8) is 0 Å². The molecule has 4 aromatic rings. The molecule has 0 aromatic heterocycles. The normalized spacial score (nSPS) is 19.1. The molecule has 2 aliphatic heterocycles. The maximum absolute atomic E-state index is 14.2. The van der Waals surface area contributed by atoms with Gasteiger partial charge in [-0.05, 0) is 0 Å². The Bertz CT molecular complexity index is 1940. The van der Waals surface area contributed by atoms with Crippen LogP contribution in [0, 0.1) is 0 Å². The first-order valence-electron chi connectivity index (χ1n) is 13.9. The van der Waals surface area contributed by atoms with Gasteiger partial charge in [0.2, 0.25) is 0 Å². The Morgan fingerprint density at radius 2 is 1.45 bits per heavy atom. The van der Waals surface area contributed by atoms with Crippen LogP contribution in [0.5, 0.6) is 0 Å². The molecule has 0 saturated carbocycles. The molecule has 8 rings (SSSR count). The summed E-state index contributed by atoms with van der Waals surface area (Å²) in [7, 11) is 0. The molecule has 0 spiro atoms. The van der Waals surface area contributed by atoms with Gasteiger partial charge in [0.1, 0.15) is 0 Å². The summed E-state index contributed by atoms with van der Waals surface area (Å²) >= 11 is -2.15. The van der Waals surface area contributed by atoms with Crippen LogP contribution in [0.1, 0.15) is 80.8 Å². The fourth-order valence-corrected chi connectivity index (χ4v) is 14.2. The van der Waals surface area contributed by atoms with Gasteiger partial charge in [-0.25, -0.2) is 0 Å². The minimum absolute atomic E-state index is 0.0615. The zero-order valence-corrected chi connectivity index (χ0v) is 25.5. The van der Waals surface area contributed by atoms with E-state index in [1.54, 1.807) is 0 Å². The van der Waals surface area contributed by atoms with Gasteiger partial charge in [0.05, 0.1) is 0 Å². The Labute approximate surface area is 240 Å². The van der Waals surface area contributed by atoms with Gasteiger partial charge in [-0.2, -0.15) is 0 Å². The van der Waals surface area contributed by atoms with Gasteiger partial charge in [-0.1, -0.05) is 18.2 Å². The topological polar surface area (TPSA) is 37.4 Å². The number of allylic oxidation sites excluding steroid dienone is 2. The zero-order chi connectivity index (χ0) is 27.3. The SMILES string of the molecule is CC1c2ccccc2C(C)(C)c2cc3c(cc21)C(=O)c1cc(N2[C]4=[Sn]([CH]=CC=C4)[c]4ccccc42)ccc1C3=O. The van der Waals surface area contributed by atoms with E-state index in [-0.39, 0.29) is 22.9 Å². The fraction of sp³-hybridized carbons (Fsp3) is 0.139. The van der Waals surface area contributed by atoms with Crippen LogP contribution in [0.15, 0.2) is 101 Å². The van der Waals surface area contributed by atoms with Crippen molar-refractivity contribution in [2.75, 3.05) is 4.90 Å². The van der Waals surface area contributed by atoms with Crippen LogP contribution in [-0.2, 0) is 5.41 Å². The Morgan fingerprint density at radius 1 is 0.725 bits per heavy atom. The number of fused-ring (bicyclic) bond motifs is 6. The molecule has 4 heteroatoms.